The minimum atomic E-state index is -0.739. The van der Waals surface area contributed by atoms with E-state index in [4.69, 9.17) is 5.11 Å². The first-order valence-corrected chi connectivity index (χ1v) is 9.64. The Hall–Kier alpha value is -0.790. The largest absolute Gasteiger partial charge is 0.481 e. The van der Waals surface area contributed by atoms with Gasteiger partial charge in [-0.25, -0.2) is 0 Å². The number of carboxylic acid groups (broad SMARTS) is 1. The van der Waals surface area contributed by atoms with Gasteiger partial charge in [0.2, 0.25) is 0 Å². The molecule has 0 heterocycles. The highest BCUT2D eigenvalue weighted by atomic mass is 16.4. The Morgan fingerprint density at radius 3 is 1.50 bits per heavy atom. The van der Waals surface area contributed by atoms with E-state index < -0.39 is 5.97 Å². The molecule has 2 nitrogen and oxygen atoms in total. The fourth-order valence-corrected chi connectivity index (χ4v) is 2.76. The molecule has 22 heavy (non-hydrogen) atoms. The third-order valence-corrected chi connectivity index (χ3v) is 4.18. The van der Waals surface area contributed by atoms with Crippen molar-refractivity contribution in [2.75, 3.05) is 0 Å². The third-order valence-electron chi connectivity index (χ3n) is 4.18. The summed E-state index contributed by atoms with van der Waals surface area (Å²) in [6.45, 7) is 2.27. The predicted molar refractivity (Wildman–Crippen MR) is 96.3 cm³/mol. The molecule has 0 rings (SSSR count). The van der Waals surface area contributed by atoms with E-state index in [1.54, 1.807) is 6.08 Å². The number of aliphatic carboxylic acids is 1. The van der Waals surface area contributed by atoms with Crippen molar-refractivity contribution in [3.63, 3.8) is 0 Å². The molecule has 0 aromatic carbocycles. The van der Waals surface area contributed by atoms with Crippen LogP contribution < -0.4 is 0 Å². The van der Waals surface area contributed by atoms with Gasteiger partial charge in [0.25, 0.3) is 0 Å². The van der Waals surface area contributed by atoms with Crippen molar-refractivity contribution in [3.05, 3.63) is 12.2 Å². The summed E-state index contributed by atoms with van der Waals surface area (Å²) in [5.74, 6) is -0.739. The summed E-state index contributed by atoms with van der Waals surface area (Å²) in [5, 5.41) is 8.49. The van der Waals surface area contributed by atoms with Crippen LogP contribution in [0.3, 0.4) is 0 Å². The van der Waals surface area contributed by atoms with Crippen molar-refractivity contribution in [2.24, 2.45) is 0 Å². The van der Waals surface area contributed by atoms with Crippen molar-refractivity contribution in [3.8, 4) is 0 Å². The zero-order valence-electron chi connectivity index (χ0n) is 14.8. The molecular formula is C20H38O2. The van der Waals surface area contributed by atoms with E-state index in [2.05, 4.69) is 6.92 Å². The predicted octanol–water partition coefficient (Wildman–Crippen LogP) is 6.89. The van der Waals surface area contributed by atoms with Gasteiger partial charge >= 0.3 is 5.97 Å². The highest BCUT2D eigenvalue weighted by Crippen LogP contribution is 2.13. The minimum Gasteiger partial charge on any atom is -0.481 e. The van der Waals surface area contributed by atoms with Gasteiger partial charge in [-0.1, -0.05) is 103 Å². The highest BCUT2D eigenvalue weighted by molar-refractivity contribution is 5.68. The molecule has 0 aromatic heterocycles. The molecule has 0 saturated carbocycles. The fraction of sp³-hybridized carbons (Fsp3) is 0.850. The molecule has 130 valence electrons. The number of unbranched alkanes of at least 4 members (excludes halogenated alkanes) is 14. The van der Waals surface area contributed by atoms with Gasteiger partial charge in [0.15, 0.2) is 0 Å². The van der Waals surface area contributed by atoms with Crippen LogP contribution in [0.15, 0.2) is 12.2 Å². The van der Waals surface area contributed by atoms with Crippen LogP contribution in [0.4, 0.5) is 0 Å². The quantitative estimate of drug-likeness (QED) is 0.234. The molecule has 0 bridgehead atoms. The number of carbonyl (C=O) groups is 1. The summed E-state index contributed by atoms with van der Waals surface area (Å²) < 4.78 is 0. The molecule has 0 fully saturated rings. The Morgan fingerprint density at radius 2 is 1.09 bits per heavy atom. The zero-order valence-corrected chi connectivity index (χ0v) is 14.8. The van der Waals surface area contributed by atoms with Gasteiger partial charge in [-0.3, -0.25) is 4.79 Å². The monoisotopic (exact) mass is 310 g/mol. The molecule has 0 amide bonds. The minimum absolute atomic E-state index is 0.165. The normalized spacial score (nSPS) is 11.3. The van der Waals surface area contributed by atoms with Gasteiger partial charge in [-0.15, -0.1) is 0 Å². The average Bonchev–Trinajstić information content (AvgIpc) is 2.50. The van der Waals surface area contributed by atoms with E-state index in [0.29, 0.717) is 0 Å². The summed E-state index contributed by atoms with van der Waals surface area (Å²) >= 11 is 0. The molecule has 0 aliphatic carbocycles. The highest BCUT2D eigenvalue weighted by Gasteiger charge is 1.94. The molecule has 2 heteroatoms. The second-order valence-electron chi connectivity index (χ2n) is 6.45. The van der Waals surface area contributed by atoms with Gasteiger partial charge in [-0.2, -0.15) is 0 Å². The molecule has 1 N–H and O–H groups in total. The number of hydrogen-bond donors (Lipinski definition) is 1. The fourth-order valence-electron chi connectivity index (χ4n) is 2.76. The Kier molecular flexibility index (Phi) is 17.6. The van der Waals surface area contributed by atoms with E-state index >= 15 is 0 Å². The van der Waals surface area contributed by atoms with Crippen LogP contribution in [-0.2, 0) is 4.79 Å². The van der Waals surface area contributed by atoms with Crippen molar-refractivity contribution in [1.82, 2.24) is 0 Å². The first-order valence-electron chi connectivity index (χ1n) is 9.64. The Morgan fingerprint density at radius 1 is 0.682 bits per heavy atom. The topological polar surface area (TPSA) is 37.3 Å². The van der Waals surface area contributed by atoms with Crippen molar-refractivity contribution >= 4 is 5.97 Å². The molecule has 0 spiro atoms. The Balaban J connectivity index is 3.02. The van der Waals surface area contributed by atoms with Gasteiger partial charge < -0.3 is 5.11 Å². The second kappa shape index (κ2) is 18.3. The number of carboxylic acids is 1. The molecule has 0 saturated heterocycles. The van der Waals surface area contributed by atoms with E-state index in [0.717, 1.165) is 6.42 Å². The van der Waals surface area contributed by atoms with Gasteiger partial charge in [-0.05, 0) is 12.8 Å². The van der Waals surface area contributed by atoms with E-state index in [-0.39, 0.29) is 6.42 Å². The maximum absolute atomic E-state index is 10.3. The van der Waals surface area contributed by atoms with Crippen LogP contribution in [0, 0.1) is 0 Å². The van der Waals surface area contributed by atoms with E-state index in [1.807, 2.05) is 6.08 Å². The maximum atomic E-state index is 10.3. The van der Waals surface area contributed by atoms with Crippen molar-refractivity contribution in [2.45, 2.75) is 110 Å². The molecule has 0 unspecified atom stereocenters. The second-order valence-corrected chi connectivity index (χ2v) is 6.45. The standard InChI is InChI=1S/C20H38O2/c1-2-3-4-5-6-7-8-9-10-11-12-13-14-15-16-17-18-19-20(21)22/h17-18H,2-16,19H2,1H3,(H,21,22)/b18-17-. The van der Waals surface area contributed by atoms with Crippen LogP contribution in [0.2, 0.25) is 0 Å². The summed E-state index contributed by atoms with van der Waals surface area (Å²) in [6.07, 6.45) is 24.3. The molecule has 0 radical (unpaired) electrons. The molecule has 0 aliphatic heterocycles. The molecule has 0 atom stereocenters. The smallest absolute Gasteiger partial charge is 0.307 e. The van der Waals surface area contributed by atoms with Gasteiger partial charge in [0, 0.05) is 0 Å². The van der Waals surface area contributed by atoms with E-state index in [9.17, 15) is 4.79 Å². The Bertz CT molecular complexity index is 258. The Labute approximate surface area is 138 Å². The summed E-state index contributed by atoms with van der Waals surface area (Å²) in [4.78, 5) is 10.3. The number of rotatable bonds is 17. The lowest BCUT2D eigenvalue weighted by molar-refractivity contribution is -0.136. The van der Waals surface area contributed by atoms with Crippen LogP contribution in [-0.4, -0.2) is 11.1 Å². The first-order chi connectivity index (χ1) is 10.8. The molecule has 0 aromatic rings. The lowest BCUT2D eigenvalue weighted by atomic mass is 10.0. The number of hydrogen-bond acceptors (Lipinski definition) is 1. The molecular weight excluding hydrogens is 272 g/mol. The van der Waals surface area contributed by atoms with Crippen LogP contribution in [0.25, 0.3) is 0 Å². The third kappa shape index (κ3) is 19.2. The number of allylic oxidation sites excluding steroid dienone is 1. The van der Waals surface area contributed by atoms with E-state index in [1.165, 1.54) is 89.9 Å². The van der Waals surface area contributed by atoms with Crippen molar-refractivity contribution in [1.29, 1.82) is 0 Å². The summed E-state index contributed by atoms with van der Waals surface area (Å²) in [7, 11) is 0. The van der Waals surface area contributed by atoms with Gasteiger partial charge in [0.05, 0.1) is 6.42 Å². The molecule has 0 aliphatic rings. The SMILES string of the molecule is CCCCCCCCCCCCCCCC/C=C\CC(=O)O. The summed E-state index contributed by atoms with van der Waals surface area (Å²) in [6, 6.07) is 0. The van der Waals surface area contributed by atoms with Crippen molar-refractivity contribution < 1.29 is 9.90 Å². The van der Waals surface area contributed by atoms with Gasteiger partial charge in [0.1, 0.15) is 0 Å². The summed E-state index contributed by atoms with van der Waals surface area (Å²) in [5.41, 5.74) is 0. The average molecular weight is 311 g/mol. The lowest BCUT2D eigenvalue weighted by Gasteiger charge is -2.02. The lowest BCUT2D eigenvalue weighted by Crippen LogP contribution is -1.89. The maximum Gasteiger partial charge on any atom is 0.307 e. The first kappa shape index (κ1) is 21.2. The van der Waals surface area contributed by atoms with Crippen LogP contribution >= 0.6 is 0 Å². The van der Waals surface area contributed by atoms with Crippen LogP contribution in [0.1, 0.15) is 110 Å². The zero-order chi connectivity index (χ0) is 16.3. The van der Waals surface area contributed by atoms with Crippen LogP contribution in [0.5, 0.6) is 0 Å².